The highest BCUT2D eigenvalue weighted by Crippen LogP contribution is 2.20. The third-order valence-electron chi connectivity index (χ3n) is 2.35. The largest absolute Gasteiger partial charge is 0.389 e. The Kier molecular flexibility index (Phi) is 3.35. The van der Waals surface area contributed by atoms with Gasteiger partial charge in [-0.3, -0.25) is 4.98 Å². The first-order chi connectivity index (χ1) is 8.16. The Bertz CT molecular complexity index is 552. The van der Waals surface area contributed by atoms with Crippen LogP contribution in [0.15, 0.2) is 42.7 Å². The molecule has 86 valence electrons. The molecule has 0 aliphatic carbocycles. The molecular weight excluding hydrogens is 230 g/mol. The fraction of sp³-hybridized carbons (Fsp3) is 0.0769. The second-order valence-electron chi connectivity index (χ2n) is 3.79. The van der Waals surface area contributed by atoms with E-state index < -0.39 is 0 Å². The second-order valence-corrected chi connectivity index (χ2v) is 4.23. The fourth-order valence-electron chi connectivity index (χ4n) is 1.59. The van der Waals surface area contributed by atoms with E-state index in [0.717, 1.165) is 22.5 Å². The predicted octanol–water partition coefficient (Wildman–Crippen LogP) is 2.77. The van der Waals surface area contributed by atoms with E-state index in [-0.39, 0.29) is 0 Å². The molecule has 0 saturated heterocycles. The molecule has 0 radical (unpaired) electrons. The highest BCUT2D eigenvalue weighted by atomic mass is 32.1. The van der Waals surface area contributed by atoms with Crippen molar-refractivity contribution in [2.24, 2.45) is 5.73 Å². The number of aromatic nitrogens is 1. The molecule has 0 unspecified atom stereocenters. The normalized spacial score (nSPS) is 9.94. The number of benzene rings is 1. The van der Waals surface area contributed by atoms with Crippen LogP contribution in [0.1, 0.15) is 11.1 Å². The number of pyridine rings is 1. The standard InChI is InChI=1S/C13H13N3S/c1-9-6-10(8-15-7-9)16-12-5-3-2-4-11(12)13(14)17/h2-8,16H,1H3,(H2,14,17). The molecule has 0 spiro atoms. The first-order valence-electron chi connectivity index (χ1n) is 5.24. The fourth-order valence-corrected chi connectivity index (χ4v) is 1.76. The molecule has 17 heavy (non-hydrogen) atoms. The lowest BCUT2D eigenvalue weighted by Gasteiger charge is -2.10. The summed E-state index contributed by atoms with van der Waals surface area (Å²) >= 11 is 5.01. The Labute approximate surface area is 106 Å². The summed E-state index contributed by atoms with van der Waals surface area (Å²) < 4.78 is 0. The van der Waals surface area contributed by atoms with E-state index in [1.165, 1.54) is 0 Å². The summed E-state index contributed by atoms with van der Waals surface area (Å²) in [5.74, 6) is 0. The van der Waals surface area contributed by atoms with Crippen LogP contribution in [-0.2, 0) is 0 Å². The van der Waals surface area contributed by atoms with Gasteiger partial charge in [0.15, 0.2) is 0 Å². The number of anilines is 2. The maximum Gasteiger partial charge on any atom is 0.106 e. The average molecular weight is 243 g/mol. The van der Waals surface area contributed by atoms with Gasteiger partial charge in [-0.2, -0.15) is 0 Å². The molecule has 0 aliphatic heterocycles. The Morgan fingerprint density at radius 3 is 2.76 bits per heavy atom. The van der Waals surface area contributed by atoms with E-state index in [2.05, 4.69) is 10.3 Å². The zero-order valence-corrected chi connectivity index (χ0v) is 10.3. The molecule has 0 fully saturated rings. The summed E-state index contributed by atoms with van der Waals surface area (Å²) in [6, 6.07) is 9.70. The van der Waals surface area contributed by atoms with E-state index in [1.807, 2.05) is 43.5 Å². The number of thiocarbonyl (C=S) groups is 1. The van der Waals surface area contributed by atoms with E-state index in [0.29, 0.717) is 4.99 Å². The van der Waals surface area contributed by atoms with Gasteiger partial charge >= 0.3 is 0 Å². The van der Waals surface area contributed by atoms with E-state index >= 15 is 0 Å². The van der Waals surface area contributed by atoms with Gasteiger partial charge < -0.3 is 11.1 Å². The molecule has 3 N–H and O–H groups in total. The second kappa shape index (κ2) is 4.93. The first kappa shape index (κ1) is 11.5. The molecule has 1 heterocycles. The van der Waals surface area contributed by atoms with Crippen molar-refractivity contribution in [1.82, 2.24) is 4.98 Å². The van der Waals surface area contributed by atoms with Crippen LogP contribution in [0.5, 0.6) is 0 Å². The first-order valence-corrected chi connectivity index (χ1v) is 5.65. The molecule has 3 nitrogen and oxygen atoms in total. The summed E-state index contributed by atoms with van der Waals surface area (Å²) in [6.07, 6.45) is 3.58. The number of rotatable bonds is 3. The molecule has 2 aromatic rings. The van der Waals surface area contributed by atoms with Crippen molar-refractivity contribution in [2.75, 3.05) is 5.32 Å². The number of hydrogen-bond acceptors (Lipinski definition) is 3. The van der Waals surface area contributed by atoms with Gasteiger partial charge in [0.25, 0.3) is 0 Å². The van der Waals surface area contributed by atoms with Gasteiger partial charge in [0, 0.05) is 17.4 Å². The van der Waals surface area contributed by atoms with Crippen LogP contribution in [0.3, 0.4) is 0 Å². The van der Waals surface area contributed by atoms with E-state index in [1.54, 1.807) is 6.20 Å². The Morgan fingerprint density at radius 1 is 1.29 bits per heavy atom. The minimum Gasteiger partial charge on any atom is -0.389 e. The number of nitrogens with two attached hydrogens (primary N) is 1. The van der Waals surface area contributed by atoms with Crippen LogP contribution in [0.25, 0.3) is 0 Å². The summed E-state index contributed by atoms with van der Waals surface area (Å²) in [5.41, 5.74) is 9.43. The van der Waals surface area contributed by atoms with Crippen molar-refractivity contribution < 1.29 is 0 Å². The van der Waals surface area contributed by atoms with Gasteiger partial charge in [0.05, 0.1) is 11.9 Å². The van der Waals surface area contributed by atoms with Crippen LogP contribution in [0.4, 0.5) is 11.4 Å². The minimum atomic E-state index is 0.383. The predicted molar refractivity (Wildman–Crippen MR) is 74.6 cm³/mol. The van der Waals surface area contributed by atoms with Crippen LogP contribution >= 0.6 is 12.2 Å². The van der Waals surface area contributed by atoms with Crippen molar-refractivity contribution in [3.63, 3.8) is 0 Å². The van der Waals surface area contributed by atoms with Crippen molar-refractivity contribution in [3.8, 4) is 0 Å². The topological polar surface area (TPSA) is 50.9 Å². The lowest BCUT2D eigenvalue weighted by molar-refractivity contribution is 1.26. The van der Waals surface area contributed by atoms with Crippen molar-refractivity contribution in [2.45, 2.75) is 6.92 Å². The number of para-hydroxylation sites is 1. The molecule has 0 atom stereocenters. The highest BCUT2D eigenvalue weighted by molar-refractivity contribution is 7.80. The van der Waals surface area contributed by atoms with E-state index in [9.17, 15) is 0 Å². The Hall–Kier alpha value is -1.94. The van der Waals surface area contributed by atoms with Gasteiger partial charge in [-0.1, -0.05) is 24.4 Å². The van der Waals surface area contributed by atoms with Crippen molar-refractivity contribution >= 4 is 28.6 Å². The van der Waals surface area contributed by atoms with Crippen LogP contribution in [0.2, 0.25) is 0 Å². The van der Waals surface area contributed by atoms with Gasteiger partial charge in [-0.15, -0.1) is 0 Å². The number of nitrogens with one attached hydrogen (secondary N) is 1. The smallest absolute Gasteiger partial charge is 0.106 e. The molecular formula is C13H13N3S. The van der Waals surface area contributed by atoms with Crippen LogP contribution in [-0.4, -0.2) is 9.97 Å². The summed E-state index contributed by atoms with van der Waals surface area (Å²) in [7, 11) is 0. The van der Waals surface area contributed by atoms with Crippen molar-refractivity contribution in [1.29, 1.82) is 0 Å². The van der Waals surface area contributed by atoms with Crippen LogP contribution < -0.4 is 11.1 Å². The van der Waals surface area contributed by atoms with Gasteiger partial charge in [0.1, 0.15) is 4.99 Å². The SMILES string of the molecule is Cc1cncc(Nc2ccccc2C(N)=S)c1. The third-order valence-corrected chi connectivity index (χ3v) is 2.57. The lowest BCUT2D eigenvalue weighted by Crippen LogP contribution is -2.11. The summed E-state index contributed by atoms with van der Waals surface area (Å²) in [4.78, 5) is 4.51. The maximum absolute atomic E-state index is 5.67. The number of hydrogen-bond donors (Lipinski definition) is 2. The molecule has 1 aromatic heterocycles. The monoisotopic (exact) mass is 243 g/mol. The molecule has 0 amide bonds. The molecule has 1 aromatic carbocycles. The minimum absolute atomic E-state index is 0.383. The maximum atomic E-state index is 5.67. The zero-order chi connectivity index (χ0) is 12.3. The van der Waals surface area contributed by atoms with Crippen molar-refractivity contribution in [3.05, 3.63) is 53.9 Å². The van der Waals surface area contributed by atoms with E-state index in [4.69, 9.17) is 18.0 Å². The third kappa shape index (κ3) is 2.79. The molecule has 0 aliphatic rings. The van der Waals surface area contributed by atoms with Gasteiger partial charge in [-0.05, 0) is 30.7 Å². The van der Waals surface area contributed by atoms with Crippen LogP contribution in [0, 0.1) is 6.92 Å². The molecule has 2 rings (SSSR count). The zero-order valence-electron chi connectivity index (χ0n) is 9.47. The highest BCUT2D eigenvalue weighted by Gasteiger charge is 2.04. The quantitative estimate of drug-likeness (QED) is 0.814. The summed E-state index contributed by atoms with van der Waals surface area (Å²) in [6.45, 7) is 2.00. The molecule has 0 saturated carbocycles. The average Bonchev–Trinajstić information content (AvgIpc) is 2.29. The number of aryl methyl sites for hydroxylation is 1. The number of nitrogens with zero attached hydrogens (tertiary/aromatic N) is 1. The molecule has 4 heteroatoms. The van der Waals surface area contributed by atoms with Gasteiger partial charge in [0.2, 0.25) is 0 Å². The Balaban J connectivity index is 2.33. The molecule has 0 bridgehead atoms. The van der Waals surface area contributed by atoms with Gasteiger partial charge in [-0.25, -0.2) is 0 Å². The summed E-state index contributed by atoms with van der Waals surface area (Å²) in [5, 5.41) is 3.26. The Morgan fingerprint density at radius 2 is 2.06 bits per heavy atom. The lowest BCUT2D eigenvalue weighted by atomic mass is 10.1.